The van der Waals surface area contributed by atoms with E-state index in [1.807, 2.05) is 24.3 Å². The van der Waals surface area contributed by atoms with Gasteiger partial charge in [0.2, 0.25) is 5.91 Å². The summed E-state index contributed by atoms with van der Waals surface area (Å²) in [5.74, 6) is 0.245. The summed E-state index contributed by atoms with van der Waals surface area (Å²) in [6.07, 6.45) is 0. The van der Waals surface area contributed by atoms with Crippen molar-refractivity contribution in [3.63, 3.8) is 0 Å². The van der Waals surface area contributed by atoms with Gasteiger partial charge in [-0.2, -0.15) is 0 Å². The zero-order valence-electron chi connectivity index (χ0n) is 10.9. The van der Waals surface area contributed by atoms with Gasteiger partial charge in [-0.1, -0.05) is 41.4 Å². The second kappa shape index (κ2) is 7.69. The number of benzene rings is 2. The number of anilines is 1. The van der Waals surface area contributed by atoms with Gasteiger partial charge in [-0.3, -0.25) is 4.79 Å². The van der Waals surface area contributed by atoms with Crippen LogP contribution in [0.4, 0.5) is 10.1 Å². The molecule has 2 rings (SSSR count). The molecule has 0 aromatic heterocycles. The number of amides is 1. The summed E-state index contributed by atoms with van der Waals surface area (Å²) in [7, 11) is 0. The third-order valence-electron chi connectivity index (χ3n) is 2.65. The number of carbonyl (C=O) groups excluding carboxylic acids is 1. The first kappa shape index (κ1) is 16.1. The van der Waals surface area contributed by atoms with Crippen molar-refractivity contribution in [3.8, 4) is 0 Å². The van der Waals surface area contributed by atoms with E-state index in [0.29, 0.717) is 16.5 Å². The summed E-state index contributed by atoms with van der Waals surface area (Å²) in [6, 6.07) is 11.6. The number of hydrogen-bond acceptors (Lipinski definition) is 2. The summed E-state index contributed by atoms with van der Waals surface area (Å²) in [5.41, 5.74) is 1.46. The highest BCUT2D eigenvalue weighted by molar-refractivity contribution is 7.99. The predicted molar refractivity (Wildman–Crippen MR) is 87.7 cm³/mol. The van der Waals surface area contributed by atoms with Crippen LogP contribution in [0, 0.1) is 5.82 Å². The highest BCUT2D eigenvalue weighted by Crippen LogP contribution is 2.22. The molecular formula is C15H12Cl2FNOS. The molecule has 110 valence electrons. The zero-order valence-corrected chi connectivity index (χ0v) is 13.2. The van der Waals surface area contributed by atoms with Crippen LogP contribution in [0.5, 0.6) is 0 Å². The maximum atomic E-state index is 13.0. The van der Waals surface area contributed by atoms with Gasteiger partial charge in [-0.25, -0.2) is 4.39 Å². The molecule has 6 heteroatoms. The summed E-state index contributed by atoms with van der Waals surface area (Å²) >= 11 is 13.1. The standard InChI is InChI=1S/C15H12Cl2FNOS/c16-12-4-2-1-3-10(12)8-21-9-15(20)19-11-5-6-14(18)13(17)7-11/h1-7H,8-9H2,(H,19,20). The number of rotatable bonds is 5. The first-order valence-corrected chi connectivity index (χ1v) is 8.03. The van der Waals surface area contributed by atoms with Crippen LogP contribution >= 0.6 is 35.0 Å². The Hall–Kier alpha value is -1.23. The van der Waals surface area contributed by atoms with Crippen LogP contribution in [0.15, 0.2) is 42.5 Å². The summed E-state index contributed by atoms with van der Waals surface area (Å²) in [6.45, 7) is 0. The van der Waals surface area contributed by atoms with Crippen LogP contribution in [0.1, 0.15) is 5.56 Å². The van der Waals surface area contributed by atoms with Crippen molar-refractivity contribution in [2.75, 3.05) is 11.1 Å². The highest BCUT2D eigenvalue weighted by Gasteiger charge is 2.06. The monoisotopic (exact) mass is 343 g/mol. The van der Waals surface area contributed by atoms with Crippen molar-refractivity contribution in [2.24, 2.45) is 0 Å². The van der Waals surface area contributed by atoms with Crippen LogP contribution in [0.25, 0.3) is 0 Å². The fourth-order valence-electron chi connectivity index (χ4n) is 1.64. The van der Waals surface area contributed by atoms with Crippen LogP contribution in [0.2, 0.25) is 10.0 Å². The van der Waals surface area contributed by atoms with E-state index < -0.39 is 5.82 Å². The van der Waals surface area contributed by atoms with E-state index in [2.05, 4.69) is 5.32 Å². The van der Waals surface area contributed by atoms with E-state index in [4.69, 9.17) is 23.2 Å². The van der Waals surface area contributed by atoms with Crippen molar-refractivity contribution in [3.05, 3.63) is 63.9 Å². The average molecular weight is 344 g/mol. The lowest BCUT2D eigenvalue weighted by Crippen LogP contribution is -2.14. The first-order chi connectivity index (χ1) is 10.1. The van der Waals surface area contributed by atoms with E-state index in [1.165, 1.54) is 30.0 Å². The molecule has 21 heavy (non-hydrogen) atoms. The Bertz CT molecular complexity index is 651. The SMILES string of the molecule is O=C(CSCc1ccccc1Cl)Nc1ccc(F)c(Cl)c1. The third-order valence-corrected chi connectivity index (χ3v) is 4.29. The highest BCUT2D eigenvalue weighted by atomic mass is 35.5. The predicted octanol–water partition coefficient (Wildman–Crippen LogP) is 5.00. The van der Waals surface area contributed by atoms with Crippen molar-refractivity contribution >= 4 is 46.6 Å². The van der Waals surface area contributed by atoms with Crippen molar-refractivity contribution < 1.29 is 9.18 Å². The molecule has 0 atom stereocenters. The summed E-state index contributed by atoms with van der Waals surface area (Å²) < 4.78 is 13.0. The molecular weight excluding hydrogens is 332 g/mol. The quantitative estimate of drug-likeness (QED) is 0.827. The molecule has 0 fully saturated rings. The second-order valence-corrected chi connectivity index (χ2v) is 6.06. The lowest BCUT2D eigenvalue weighted by molar-refractivity contribution is -0.113. The van der Waals surface area contributed by atoms with Crippen molar-refractivity contribution in [2.45, 2.75) is 5.75 Å². The van der Waals surface area contributed by atoms with E-state index in [9.17, 15) is 9.18 Å². The molecule has 0 saturated heterocycles. The van der Waals surface area contributed by atoms with E-state index in [1.54, 1.807) is 0 Å². The molecule has 2 nitrogen and oxygen atoms in total. The van der Waals surface area contributed by atoms with Crippen LogP contribution in [-0.2, 0) is 10.5 Å². The normalized spacial score (nSPS) is 10.4. The molecule has 0 bridgehead atoms. The Morgan fingerprint density at radius 2 is 1.90 bits per heavy atom. The molecule has 0 radical (unpaired) electrons. The number of carbonyl (C=O) groups is 1. The van der Waals surface area contributed by atoms with Crippen LogP contribution < -0.4 is 5.32 Å². The molecule has 0 aliphatic rings. The van der Waals surface area contributed by atoms with Gasteiger partial charge in [0.15, 0.2) is 0 Å². The Labute approximate surface area is 136 Å². The fourth-order valence-corrected chi connectivity index (χ4v) is 2.93. The Morgan fingerprint density at radius 1 is 1.14 bits per heavy atom. The van der Waals surface area contributed by atoms with Gasteiger partial charge in [-0.15, -0.1) is 11.8 Å². The third kappa shape index (κ3) is 4.92. The molecule has 2 aromatic carbocycles. The van der Waals surface area contributed by atoms with E-state index in [-0.39, 0.29) is 16.7 Å². The Balaban J connectivity index is 1.82. The summed E-state index contributed by atoms with van der Waals surface area (Å²) in [5, 5.41) is 3.34. The number of thioether (sulfide) groups is 1. The topological polar surface area (TPSA) is 29.1 Å². The first-order valence-electron chi connectivity index (χ1n) is 6.12. The van der Waals surface area contributed by atoms with Crippen molar-refractivity contribution in [1.82, 2.24) is 0 Å². The smallest absolute Gasteiger partial charge is 0.234 e. The molecule has 0 aliphatic carbocycles. The fraction of sp³-hybridized carbons (Fsp3) is 0.133. The Morgan fingerprint density at radius 3 is 2.62 bits per heavy atom. The minimum absolute atomic E-state index is 0.0171. The maximum Gasteiger partial charge on any atom is 0.234 e. The summed E-state index contributed by atoms with van der Waals surface area (Å²) in [4.78, 5) is 11.8. The van der Waals surface area contributed by atoms with Gasteiger partial charge < -0.3 is 5.32 Å². The lowest BCUT2D eigenvalue weighted by atomic mass is 10.2. The van der Waals surface area contributed by atoms with Gasteiger partial charge in [0.1, 0.15) is 5.82 Å². The number of halogens is 3. The Kier molecular flexibility index (Phi) is 5.91. The minimum Gasteiger partial charge on any atom is -0.325 e. The van der Waals surface area contributed by atoms with Gasteiger partial charge in [-0.05, 0) is 29.8 Å². The molecule has 0 heterocycles. The number of nitrogens with one attached hydrogen (secondary N) is 1. The van der Waals surface area contributed by atoms with Gasteiger partial charge in [0, 0.05) is 16.5 Å². The largest absolute Gasteiger partial charge is 0.325 e. The molecule has 1 N–H and O–H groups in total. The van der Waals surface area contributed by atoms with E-state index in [0.717, 1.165) is 5.56 Å². The molecule has 0 saturated carbocycles. The molecule has 0 aliphatic heterocycles. The van der Waals surface area contributed by atoms with Crippen LogP contribution in [0.3, 0.4) is 0 Å². The minimum atomic E-state index is -0.511. The second-order valence-electron chi connectivity index (χ2n) is 4.26. The van der Waals surface area contributed by atoms with Gasteiger partial charge >= 0.3 is 0 Å². The number of hydrogen-bond donors (Lipinski definition) is 1. The van der Waals surface area contributed by atoms with Gasteiger partial charge in [0.05, 0.1) is 10.8 Å². The van der Waals surface area contributed by atoms with Gasteiger partial charge in [0.25, 0.3) is 0 Å². The van der Waals surface area contributed by atoms with E-state index >= 15 is 0 Å². The van der Waals surface area contributed by atoms with Crippen LogP contribution in [-0.4, -0.2) is 11.7 Å². The molecule has 1 amide bonds. The van der Waals surface area contributed by atoms with Crippen molar-refractivity contribution in [1.29, 1.82) is 0 Å². The molecule has 2 aromatic rings. The average Bonchev–Trinajstić information content (AvgIpc) is 2.45. The lowest BCUT2D eigenvalue weighted by Gasteiger charge is -2.07. The maximum absolute atomic E-state index is 13.0. The molecule has 0 unspecified atom stereocenters. The zero-order chi connectivity index (χ0) is 15.2. The molecule has 0 spiro atoms.